The average Bonchev–Trinajstić information content (AvgIpc) is 2.28. The Bertz CT molecular complexity index is 442. The van der Waals surface area contributed by atoms with Crippen molar-refractivity contribution in [1.82, 2.24) is 0 Å². The van der Waals surface area contributed by atoms with E-state index in [0.29, 0.717) is 29.7 Å². The van der Waals surface area contributed by atoms with Gasteiger partial charge in [-0.3, -0.25) is 10.1 Å². The SMILES string of the molecule is Cc1cc(C[N+](C)(CCO)CCO)ccc1[N+](=O)[O-]. The van der Waals surface area contributed by atoms with Crippen LogP contribution in [0.3, 0.4) is 0 Å². The third-order valence-electron chi connectivity index (χ3n) is 3.30. The van der Waals surface area contributed by atoms with Crippen LogP contribution in [0.5, 0.6) is 0 Å². The number of benzene rings is 1. The van der Waals surface area contributed by atoms with Gasteiger partial charge < -0.3 is 14.7 Å². The van der Waals surface area contributed by atoms with Gasteiger partial charge >= 0.3 is 0 Å². The first kappa shape index (κ1) is 15.6. The van der Waals surface area contributed by atoms with E-state index in [0.717, 1.165) is 5.56 Å². The molecule has 19 heavy (non-hydrogen) atoms. The fourth-order valence-corrected chi connectivity index (χ4v) is 2.21. The number of quaternary nitrogens is 1. The van der Waals surface area contributed by atoms with Gasteiger partial charge in [-0.1, -0.05) is 0 Å². The van der Waals surface area contributed by atoms with Crippen LogP contribution in [0.2, 0.25) is 0 Å². The molecule has 0 aliphatic rings. The van der Waals surface area contributed by atoms with Crippen LogP contribution < -0.4 is 0 Å². The van der Waals surface area contributed by atoms with Crippen LogP contribution in [0, 0.1) is 17.0 Å². The number of nitrogens with zero attached hydrogens (tertiary/aromatic N) is 2. The molecule has 0 aromatic heterocycles. The Morgan fingerprint density at radius 2 is 1.84 bits per heavy atom. The second-order valence-electron chi connectivity index (χ2n) is 5.05. The highest BCUT2D eigenvalue weighted by molar-refractivity contribution is 5.41. The Balaban J connectivity index is 2.91. The van der Waals surface area contributed by atoms with Crippen molar-refractivity contribution in [3.05, 3.63) is 39.4 Å². The minimum atomic E-state index is -0.394. The monoisotopic (exact) mass is 269 g/mol. The molecular weight excluding hydrogens is 248 g/mol. The van der Waals surface area contributed by atoms with Gasteiger partial charge in [-0.15, -0.1) is 0 Å². The molecule has 0 fully saturated rings. The summed E-state index contributed by atoms with van der Waals surface area (Å²) in [6.07, 6.45) is 0. The van der Waals surface area contributed by atoms with E-state index in [9.17, 15) is 10.1 Å². The zero-order valence-electron chi connectivity index (χ0n) is 11.4. The van der Waals surface area contributed by atoms with Crippen molar-refractivity contribution in [2.45, 2.75) is 13.5 Å². The molecule has 1 rings (SSSR count). The van der Waals surface area contributed by atoms with Gasteiger partial charge in [-0.2, -0.15) is 0 Å². The predicted octanol–water partition coefficient (Wildman–Crippen LogP) is 0.834. The molecular formula is C13H21N2O4+. The second kappa shape index (κ2) is 6.60. The first-order valence-corrected chi connectivity index (χ1v) is 6.21. The highest BCUT2D eigenvalue weighted by Gasteiger charge is 2.22. The van der Waals surface area contributed by atoms with Crippen molar-refractivity contribution >= 4 is 5.69 Å². The summed E-state index contributed by atoms with van der Waals surface area (Å²) < 4.78 is 0.504. The number of hydrogen-bond donors (Lipinski definition) is 2. The molecule has 0 amide bonds. The van der Waals surface area contributed by atoms with Crippen molar-refractivity contribution < 1.29 is 19.6 Å². The summed E-state index contributed by atoms with van der Waals surface area (Å²) in [5.74, 6) is 0. The summed E-state index contributed by atoms with van der Waals surface area (Å²) in [4.78, 5) is 10.4. The molecule has 0 aliphatic heterocycles. The minimum absolute atomic E-state index is 0.0441. The van der Waals surface area contributed by atoms with Gasteiger partial charge in [-0.25, -0.2) is 0 Å². The number of aliphatic hydroxyl groups is 2. The smallest absolute Gasteiger partial charge is 0.272 e. The number of aliphatic hydroxyl groups excluding tert-OH is 2. The molecule has 2 N–H and O–H groups in total. The lowest BCUT2D eigenvalue weighted by Crippen LogP contribution is -2.47. The molecule has 106 valence electrons. The Morgan fingerprint density at radius 1 is 1.26 bits per heavy atom. The lowest BCUT2D eigenvalue weighted by atomic mass is 10.1. The normalized spacial score (nSPS) is 11.6. The van der Waals surface area contributed by atoms with Gasteiger partial charge in [0.1, 0.15) is 19.6 Å². The molecule has 1 aromatic carbocycles. The second-order valence-corrected chi connectivity index (χ2v) is 5.05. The number of likely N-dealkylation sites (N-methyl/N-ethyl adjacent to an activating group) is 1. The molecule has 0 bridgehead atoms. The standard InChI is InChI=1S/C13H21N2O4/c1-11-9-12(3-4-13(11)14(18)19)10-15(2,5-7-16)6-8-17/h3-4,9,16-17H,5-8,10H2,1-2H3/q+1. The van der Waals surface area contributed by atoms with E-state index in [1.54, 1.807) is 19.1 Å². The van der Waals surface area contributed by atoms with E-state index in [1.807, 2.05) is 7.05 Å². The van der Waals surface area contributed by atoms with Crippen LogP contribution in [0.1, 0.15) is 11.1 Å². The zero-order chi connectivity index (χ0) is 14.5. The average molecular weight is 269 g/mol. The maximum Gasteiger partial charge on any atom is 0.272 e. The lowest BCUT2D eigenvalue weighted by molar-refractivity contribution is -0.923. The van der Waals surface area contributed by atoms with Crippen molar-refractivity contribution in [2.24, 2.45) is 0 Å². The number of nitro groups is 1. The molecule has 0 saturated heterocycles. The lowest BCUT2D eigenvalue weighted by Gasteiger charge is -2.33. The first-order chi connectivity index (χ1) is 8.91. The molecule has 0 heterocycles. The number of rotatable bonds is 7. The van der Waals surface area contributed by atoms with Crippen molar-refractivity contribution in [1.29, 1.82) is 0 Å². The van der Waals surface area contributed by atoms with Crippen LogP contribution in [-0.4, -0.2) is 53.0 Å². The van der Waals surface area contributed by atoms with Gasteiger partial charge in [-0.05, 0) is 19.1 Å². The highest BCUT2D eigenvalue weighted by atomic mass is 16.6. The molecule has 0 unspecified atom stereocenters. The van der Waals surface area contributed by atoms with E-state index in [1.165, 1.54) is 6.07 Å². The molecule has 0 atom stereocenters. The van der Waals surface area contributed by atoms with Gasteiger partial charge in [0.05, 0.1) is 25.2 Å². The molecule has 6 nitrogen and oxygen atoms in total. The van der Waals surface area contributed by atoms with E-state index < -0.39 is 4.92 Å². The maximum absolute atomic E-state index is 10.8. The Labute approximate surface area is 112 Å². The zero-order valence-corrected chi connectivity index (χ0v) is 11.4. The van der Waals surface area contributed by atoms with Crippen LogP contribution in [0.15, 0.2) is 18.2 Å². The largest absolute Gasteiger partial charge is 0.391 e. The highest BCUT2D eigenvalue weighted by Crippen LogP contribution is 2.21. The van der Waals surface area contributed by atoms with Crippen LogP contribution in [0.4, 0.5) is 5.69 Å². The molecule has 0 radical (unpaired) electrons. The van der Waals surface area contributed by atoms with E-state index in [-0.39, 0.29) is 18.9 Å². The molecule has 0 spiro atoms. The van der Waals surface area contributed by atoms with Crippen molar-refractivity contribution in [2.75, 3.05) is 33.4 Å². The van der Waals surface area contributed by atoms with E-state index >= 15 is 0 Å². The molecule has 1 aromatic rings. The van der Waals surface area contributed by atoms with Gasteiger partial charge in [0.15, 0.2) is 0 Å². The summed E-state index contributed by atoms with van der Waals surface area (Å²) in [5.41, 5.74) is 1.71. The maximum atomic E-state index is 10.8. The first-order valence-electron chi connectivity index (χ1n) is 6.21. The fourth-order valence-electron chi connectivity index (χ4n) is 2.21. The third kappa shape index (κ3) is 4.27. The number of nitro benzene ring substituents is 1. The van der Waals surface area contributed by atoms with Gasteiger partial charge in [0.2, 0.25) is 0 Å². The topological polar surface area (TPSA) is 83.6 Å². The van der Waals surface area contributed by atoms with Gasteiger partial charge in [0.25, 0.3) is 5.69 Å². The summed E-state index contributed by atoms with van der Waals surface area (Å²) in [6, 6.07) is 5.03. The molecule has 0 aliphatic carbocycles. The van der Waals surface area contributed by atoms with Crippen molar-refractivity contribution in [3.8, 4) is 0 Å². The Kier molecular flexibility index (Phi) is 5.41. The summed E-state index contributed by atoms with van der Waals surface area (Å²) in [7, 11) is 1.95. The van der Waals surface area contributed by atoms with Crippen molar-refractivity contribution in [3.63, 3.8) is 0 Å². The minimum Gasteiger partial charge on any atom is -0.391 e. The van der Waals surface area contributed by atoms with Gasteiger partial charge in [0, 0.05) is 17.2 Å². The predicted molar refractivity (Wildman–Crippen MR) is 71.6 cm³/mol. The number of aryl methyl sites for hydroxylation is 1. The van der Waals surface area contributed by atoms with E-state index in [2.05, 4.69) is 0 Å². The Morgan fingerprint density at radius 3 is 2.26 bits per heavy atom. The molecule has 0 saturated carbocycles. The fraction of sp³-hybridized carbons (Fsp3) is 0.538. The summed E-state index contributed by atoms with van der Waals surface area (Å²) >= 11 is 0. The Hall–Kier alpha value is -1.50. The van der Waals surface area contributed by atoms with Crippen LogP contribution in [0.25, 0.3) is 0 Å². The summed E-state index contributed by atoms with van der Waals surface area (Å²) in [5, 5.41) is 28.9. The molecule has 6 heteroatoms. The van der Waals surface area contributed by atoms with Crippen LogP contribution in [-0.2, 0) is 6.54 Å². The number of hydrogen-bond acceptors (Lipinski definition) is 4. The quantitative estimate of drug-likeness (QED) is 0.436. The third-order valence-corrected chi connectivity index (χ3v) is 3.30. The van der Waals surface area contributed by atoms with E-state index in [4.69, 9.17) is 10.2 Å². The van der Waals surface area contributed by atoms with Crippen LogP contribution >= 0.6 is 0 Å². The summed E-state index contributed by atoms with van der Waals surface area (Å²) in [6.45, 7) is 3.50.